The summed E-state index contributed by atoms with van der Waals surface area (Å²) in [6.45, 7) is 5.43. The minimum Gasteiger partial charge on any atom is -0.324 e. The van der Waals surface area contributed by atoms with E-state index in [1.54, 1.807) is 15.5 Å². The van der Waals surface area contributed by atoms with E-state index >= 15 is 0 Å². The number of rotatable bonds is 9. The largest absolute Gasteiger partial charge is 0.332 e. The lowest BCUT2D eigenvalue weighted by Crippen LogP contribution is -2.40. The van der Waals surface area contributed by atoms with Crippen molar-refractivity contribution in [1.29, 1.82) is 0 Å². The third kappa shape index (κ3) is 3.43. The van der Waals surface area contributed by atoms with Gasteiger partial charge >= 0.3 is 5.69 Å². The SMILES string of the molecule is CCCCn1c(=O)c2c(ncn2CCC=O)n(CCCC)c1=O. The van der Waals surface area contributed by atoms with Crippen LogP contribution >= 0.6 is 0 Å². The van der Waals surface area contributed by atoms with E-state index in [4.69, 9.17) is 0 Å². The first-order valence-corrected chi connectivity index (χ1v) is 8.27. The smallest absolute Gasteiger partial charge is 0.324 e. The van der Waals surface area contributed by atoms with Crippen molar-refractivity contribution in [2.45, 2.75) is 65.6 Å². The number of nitrogens with zero attached hydrogens (tertiary/aromatic N) is 4. The maximum Gasteiger partial charge on any atom is 0.332 e. The van der Waals surface area contributed by atoms with Crippen molar-refractivity contribution in [1.82, 2.24) is 18.7 Å². The topological polar surface area (TPSA) is 78.9 Å². The molecule has 0 aliphatic rings. The van der Waals surface area contributed by atoms with Gasteiger partial charge in [0.2, 0.25) is 0 Å². The standard InChI is InChI=1S/C16H24N4O3/c1-3-5-9-19-14-13(18(12-17-14)8-7-11-21)15(22)20(16(19)23)10-6-4-2/h11-12H,3-10H2,1-2H3. The fourth-order valence-corrected chi connectivity index (χ4v) is 2.63. The molecule has 0 amide bonds. The van der Waals surface area contributed by atoms with Crippen LogP contribution < -0.4 is 11.2 Å². The fraction of sp³-hybridized carbons (Fsp3) is 0.625. The van der Waals surface area contributed by atoms with E-state index in [-0.39, 0.29) is 11.2 Å². The lowest BCUT2D eigenvalue weighted by Gasteiger charge is -2.11. The van der Waals surface area contributed by atoms with Crippen LogP contribution in [-0.2, 0) is 24.4 Å². The zero-order chi connectivity index (χ0) is 16.8. The fourth-order valence-electron chi connectivity index (χ4n) is 2.63. The molecule has 2 aromatic rings. The molecule has 2 rings (SSSR count). The summed E-state index contributed by atoms with van der Waals surface area (Å²) in [5.74, 6) is 0. The van der Waals surface area contributed by atoms with Gasteiger partial charge in [-0.25, -0.2) is 9.78 Å². The molecule has 7 nitrogen and oxygen atoms in total. The second kappa shape index (κ2) is 7.89. The Bertz CT molecular complexity index is 785. The minimum atomic E-state index is -0.311. The maximum atomic E-state index is 12.7. The van der Waals surface area contributed by atoms with Gasteiger partial charge in [0.1, 0.15) is 6.29 Å². The zero-order valence-electron chi connectivity index (χ0n) is 13.8. The van der Waals surface area contributed by atoms with Crippen LogP contribution in [-0.4, -0.2) is 25.0 Å². The highest BCUT2D eigenvalue weighted by Gasteiger charge is 2.17. The van der Waals surface area contributed by atoms with E-state index < -0.39 is 0 Å². The summed E-state index contributed by atoms with van der Waals surface area (Å²) in [7, 11) is 0. The monoisotopic (exact) mass is 320 g/mol. The summed E-state index contributed by atoms with van der Waals surface area (Å²) in [6.07, 6.45) is 6.15. The number of aryl methyl sites for hydroxylation is 2. The molecule has 0 bridgehead atoms. The van der Waals surface area contributed by atoms with Gasteiger partial charge in [-0.1, -0.05) is 26.7 Å². The molecule has 2 heterocycles. The second-order valence-electron chi connectivity index (χ2n) is 5.66. The molecular formula is C16H24N4O3. The quantitative estimate of drug-likeness (QED) is 0.657. The number of hydrogen-bond donors (Lipinski definition) is 0. The lowest BCUT2D eigenvalue weighted by atomic mass is 10.3. The van der Waals surface area contributed by atoms with E-state index in [0.29, 0.717) is 37.2 Å². The molecule has 0 aliphatic carbocycles. The Balaban J connectivity index is 2.66. The Kier molecular flexibility index (Phi) is 5.90. The van der Waals surface area contributed by atoms with Crippen LogP contribution in [0.15, 0.2) is 15.9 Å². The molecule has 7 heteroatoms. The maximum absolute atomic E-state index is 12.7. The number of imidazole rings is 1. The zero-order valence-corrected chi connectivity index (χ0v) is 13.8. The normalized spacial score (nSPS) is 11.2. The Morgan fingerprint density at radius 3 is 2.30 bits per heavy atom. The molecule has 0 unspecified atom stereocenters. The average molecular weight is 320 g/mol. The molecule has 0 N–H and O–H groups in total. The predicted molar refractivity (Wildman–Crippen MR) is 88.8 cm³/mol. The number of aromatic nitrogens is 4. The molecule has 0 spiro atoms. The molecule has 0 saturated carbocycles. The van der Waals surface area contributed by atoms with Gasteiger partial charge in [0.25, 0.3) is 5.56 Å². The summed E-state index contributed by atoms with van der Waals surface area (Å²) < 4.78 is 4.57. The van der Waals surface area contributed by atoms with Gasteiger partial charge < -0.3 is 9.36 Å². The molecular weight excluding hydrogens is 296 g/mol. The van der Waals surface area contributed by atoms with Gasteiger partial charge in [0.15, 0.2) is 11.2 Å². The van der Waals surface area contributed by atoms with Gasteiger partial charge in [-0.05, 0) is 12.8 Å². The molecule has 0 radical (unpaired) electrons. The highest BCUT2D eigenvalue weighted by molar-refractivity contribution is 5.70. The molecule has 0 aromatic carbocycles. The highest BCUT2D eigenvalue weighted by atomic mass is 16.2. The van der Waals surface area contributed by atoms with Crippen molar-refractivity contribution in [3.05, 3.63) is 27.2 Å². The number of carbonyl (C=O) groups is 1. The molecule has 2 aromatic heterocycles. The summed E-state index contributed by atoms with van der Waals surface area (Å²) in [5.41, 5.74) is 0.241. The van der Waals surface area contributed by atoms with E-state index in [2.05, 4.69) is 11.9 Å². The first kappa shape index (κ1) is 17.2. The Morgan fingerprint density at radius 2 is 1.70 bits per heavy atom. The van der Waals surface area contributed by atoms with Crippen LogP contribution in [0, 0.1) is 0 Å². The molecule has 0 atom stereocenters. The summed E-state index contributed by atoms with van der Waals surface area (Å²) in [4.78, 5) is 40.3. The number of unbranched alkanes of at least 4 members (excludes halogenated alkanes) is 2. The van der Waals surface area contributed by atoms with Crippen LogP contribution in [0.2, 0.25) is 0 Å². The van der Waals surface area contributed by atoms with Crippen molar-refractivity contribution >= 4 is 17.5 Å². The lowest BCUT2D eigenvalue weighted by molar-refractivity contribution is -0.108. The van der Waals surface area contributed by atoms with Crippen LogP contribution in [0.5, 0.6) is 0 Å². The second-order valence-corrected chi connectivity index (χ2v) is 5.66. The van der Waals surface area contributed by atoms with Crippen LogP contribution in [0.3, 0.4) is 0 Å². The Labute approximate surface area is 134 Å². The Hall–Kier alpha value is -2.18. The third-order valence-electron chi connectivity index (χ3n) is 3.94. The van der Waals surface area contributed by atoms with Gasteiger partial charge in [-0.3, -0.25) is 13.9 Å². The van der Waals surface area contributed by atoms with Crippen LogP contribution in [0.4, 0.5) is 0 Å². The molecule has 126 valence electrons. The molecule has 0 aliphatic heterocycles. The molecule has 23 heavy (non-hydrogen) atoms. The van der Waals surface area contributed by atoms with Crippen LogP contribution in [0.1, 0.15) is 46.0 Å². The van der Waals surface area contributed by atoms with E-state index in [1.807, 2.05) is 6.92 Å². The minimum absolute atomic E-state index is 0.287. The average Bonchev–Trinajstić information content (AvgIpc) is 2.96. The molecule has 0 fully saturated rings. The van der Waals surface area contributed by atoms with Crippen molar-refractivity contribution in [2.24, 2.45) is 0 Å². The number of fused-ring (bicyclic) bond motifs is 1. The van der Waals surface area contributed by atoms with Gasteiger partial charge in [-0.2, -0.15) is 0 Å². The van der Waals surface area contributed by atoms with Crippen molar-refractivity contribution in [2.75, 3.05) is 0 Å². The van der Waals surface area contributed by atoms with Gasteiger partial charge in [0.05, 0.1) is 6.33 Å². The van der Waals surface area contributed by atoms with E-state index in [1.165, 1.54) is 4.57 Å². The van der Waals surface area contributed by atoms with Gasteiger partial charge in [-0.15, -0.1) is 0 Å². The first-order chi connectivity index (χ1) is 11.2. The highest BCUT2D eigenvalue weighted by Crippen LogP contribution is 2.09. The number of hydrogen-bond acceptors (Lipinski definition) is 4. The Morgan fingerprint density at radius 1 is 1.04 bits per heavy atom. The summed E-state index contributed by atoms with van der Waals surface area (Å²) in [5, 5.41) is 0. The van der Waals surface area contributed by atoms with Crippen molar-refractivity contribution in [3.8, 4) is 0 Å². The number of aldehydes is 1. The van der Waals surface area contributed by atoms with Crippen molar-refractivity contribution < 1.29 is 4.79 Å². The predicted octanol–water partition coefficient (Wildman–Crippen LogP) is 1.55. The van der Waals surface area contributed by atoms with E-state index in [9.17, 15) is 14.4 Å². The van der Waals surface area contributed by atoms with Crippen molar-refractivity contribution in [3.63, 3.8) is 0 Å². The number of carbonyl (C=O) groups excluding carboxylic acids is 1. The molecule has 0 saturated heterocycles. The van der Waals surface area contributed by atoms with E-state index in [0.717, 1.165) is 32.0 Å². The third-order valence-corrected chi connectivity index (χ3v) is 3.94. The van der Waals surface area contributed by atoms with Gasteiger partial charge in [0, 0.05) is 26.1 Å². The van der Waals surface area contributed by atoms with Crippen LogP contribution in [0.25, 0.3) is 11.2 Å². The summed E-state index contributed by atoms with van der Waals surface area (Å²) >= 11 is 0. The first-order valence-electron chi connectivity index (χ1n) is 8.27. The summed E-state index contributed by atoms with van der Waals surface area (Å²) in [6, 6.07) is 0.